The second-order valence-corrected chi connectivity index (χ2v) is 6.01. The van der Waals surface area contributed by atoms with E-state index in [0.29, 0.717) is 0 Å². The monoisotopic (exact) mass is 362 g/mol. The number of carboxylic acid groups (broad SMARTS) is 1. The van der Waals surface area contributed by atoms with Gasteiger partial charge in [0.15, 0.2) is 6.04 Å². The summed E-state index contributed by atoms with van der Waals surface area (Å²) in [7, 11) is 0. The number of carboxylic acids is 1. The van der Waals surface area contributed by atoms with E-state index in [9.17, 15) is 34.8 Å². The van der Waals surface area contributed by atoms with E-state index in [0.717, 1.165) is 0 Å². The Bertz CT molecular complexity index is 546. The molecule has 142 valence electrons. The number of aliphatic carboxylic acids is 1. The van der Waals surface area contributed by atoms with Crippen LogP contribution in [0, 0.1) is 0 Å². The van der Waals surface area contributed by atoms with Gasteiger partial charge in [0.25, 0.3) is 0 Å². The Labute approximate surface area is 142 Å². The molecular weight excluding hydrogens is 340 g/mol. The molecule has 2 saturated heterocycles. The Balaban J connectivity index is 1.99. The highest BCUT2D eigenvalue weighted by Gasteiger charge is 2.49. The third kappa shape index (κ3) is 3.89. The van der Waals surface area contributed by atoms with Crippen molar-refractivity contribution in [2.45, 2.75) is 49.1 Å². The lowest BCUT2D eigenvalue weighted by molar-refractivity contribution is -0.161. The molecule has 7 atom stereocenters. The lowest BCUT2D eigenvalue weighted by Gasteiger charge is -2.31. The molecule has 2 aliphatic rings. The fourth-order valence-electron chi connectivity index (χ4n) is 2.68. The Kier molecular flexibility index (Phi) is 5.92. The van der Waals surface area contributed by atoms with Crippen LogP contribution in [0.25, 0.3) is 0 Å². The van der Waals surface area contributed by atoms with Crippen molar-refractivity contribution in [3.8, 4) is 0 Å². The fourth-order valence-corrected chi connectivity index (χ4v) is 2.68. The number of ether oxygens (including phenoxy) is 1. The molecule has 0 aromatic rings. The van der Waals surface area contributed by atoms with Crippen LogP contribution in [0.3, 0.4) is 0 Å². The summed E-state index contributed by atoms with van der Waals surface area (Å²) in [5.74, 6) is -2.81. The molecule has 0 unspecified atom stereocenters. The van der Waals surface area contributed by atoms with Crippen molar-refractivity contribution >= 4 is 17.8 Å². The van der Waals surface area contributed by atoms with Gasteiger partial charge in [0.1, 0.15) is 30.6 Å². The van der Waals surface area contributed by atoms with Crippen LogP contribution in [0.15, 0.2) is 0 Å². The molecule has 0 saturated carbocycles. The molecule has 2 amide bonds. The highest BCUT2D eigenvalue weighted by atomic mass is 16.5. The summed E-state index contributed by atoms with van der Waals surface area (Å²) in [5, 5.41) is 40.5. The van der Waals surface area contributed by atoms with Crippen LogP contribution in [0.4, 0.5) is 0 Å². The zero-order valence-corrected chi connectivity index (χ0v) is 13.2. The molecule has 2 fully saturated rings. The molecule has 2 aliphatic heterocycles. The number of hydrogen-bond donors (Lipinski definition) is 7. The lowest BCUT2D eigenvalue weighted by Crippen LogP contribution is -2.60. The summed E-state index contributed by atoms with van der Waals surface area (Å²) in [6.45, 7) is -0.348. The van der Waals surface area contributed by atoms with Crippen LogP contribution >= 0.6 is 0 Å². The number of aliphatic hydroxyl groups excluding tert-OH is 3. The smallest absolute Gasteiger partial charge is 0.329 e. The highest BCUT2D eigenvalue weighted by molar-refractivity contribution is 5.87. The first-order chi connectivity index (χ1) is 11.7. The second kappa shape index (κ2) is 7.59. The van der Waals surface area contributed by atoms with E-state index in [1.165, 1.54) is 4.90 Å². The highest BCUT2D eigenvalue weighted by Crippen LogP contribution is 2.30. The number of fused-ring (bicyclic) bond motifs is 1. The molecule has 2 heterocycles. The zero-order valence-electron chi connectivity index (χ0n) is 13.2. The maximum absolute atomic E-state index is 12.0. The first kappa shape index (κ1) is 19.5. The lowest BCUT2D eigenvalue weighted by atomic mass is 10.0. The number of aliphatic hydroxyl groups is 3. The molecule has 2 rings (SSSR count). The van der Waals surface area contributed by atoms with Crippen LogP contribution in [-0.2, 0) is 19.1 Å². The number of hydrogen-bond acceptors (Lipinski definition) is 9. The van der Waals surface area contributed by atoms with Crippen molar-refractivity contribution in [3.05, 3.63) is 0 Å². The van der Waals surface area contributed by atoms with E-state index in [1.54, 1.807) is 0 Å². The molecule has 25 heavy (non-hydrogen) atoms. The van der Waals surface area contributed by atoms with Gasteiger partial charge in [0.2, 0.25) is 11.8 Å². The molecule has 0 spiro atoms. The SMILES string of the molecule is NC[C@H](O)[C@H](O)[C@H](N)C(=O)N[C@H](C(=O)O)[C@H](O)[C@H]1CN2C(=O)C[C@@H]2O1. The molecule has 0 aromatic heterocycles. The van der Waals surface area contributed by atoms with Crippen molar-refractivity contribution in [2.24, 2.45) is 11.5 Å². The van der Waals surface area contributed by atoms with E-state index >= 15 is 0 Å². The normalized spacial score (nSPS) is 28.4. The van der Waals surface area contributed by atoms with Gasteiger partial charge in [0, 0.05) is 6.54 Å². The third-order valence-corrected chi connectivity index (χ3v) is 4.32. The summed E-state index contributed by atoms with van der Waals surface area (Å²) in [4.78, 5) is 36.0. The van der Waals surface area contributed by atoms with Crippen molar-refractivity contribution < 1.29 is 39.5 Å². The van der Waals surface area contributed by atoms with Crippen molar-refractivity contribution in [1.29, 1.82) is 0 Å². The van der Waals surface area contributed by atoms with Gasteiger partial charge in [-0.05, 0) is 0 Å². The van der Waals surface area contributed by atoms with Crippen LogP contribution in [0.1, 0.15) is 6.42 Å². The van der Waals surface area contributed by atoms with Gasteiger partial charge in [0.05, 0.1) is 19.1 Å². The minimum absolute atomic E-state index is 0.00484. The molecule has 9 N–H and O–H groups in total. The van der Waals surface area contributed by atoms with Gasteiger partial charge < -0.3 is 46.8 Å². The number of carbonyl (C=O) groups is 3. The maximum Gasteiger partial charge on any atom is 0.329 e. The van der Waals surface area contributed by atoms with E-state index in [-0.39, 0.29) is 25.4 Å². The molecular formula is C13H22N4O8. The van der Waals surface area contributed by atoms with Gasteiger partial charge in [-0.1, -0.05) is 0 Å². The topological polar surface area (TPSA) is 209 Å². The number of β-lactam (4-membered cyclic amide) rings is 1. The maximum atomic E-state index is 12.0. The van der Waals surface area contributed by atoms with Gasteiger partial charge in [-0.15, -0.1) is 0 Å². The van der Waals surface area contributed by atoms with E-state index in [1.807, 2.05) is 5.32 Å². The van der Waals surface area contributed by atoms with E-state index < -0.39 is 54.6 Å². The number of nitrogens with two attached hydrogens (primary N) is 2. The predicted octanol–water partition coefficient (Wildman–Crippen LogP) is -5.12. The summed E-state index contributed by atoms with van der Waals surface area (Å²) >= 11 is 0. The van der Waals surface area contributed by atoms with Crippen molar-refractivity contribution in [1.82, 2.24) is 10.2 Å². The molecule has 0 aromatic carbocycles. The molecule has 0 bridgehead atoms. The van der Waals surface area contributed by atoms with Crippen LogP contribution in [-0.4, -0.2) is 98.9 Å². The number of nitrogens with one attached hydrogen (secondary N) is 1. The van der Waals surface area contributed by atoms with Crippen LogP contribution < -0.4 is 16.8 Å². The third-order valence-electron chi connectivity index (χ3n) is 4.32. The first-order valence-corrected chi connectivity index (χ1v) is 7.65. The van der Waals surface area contributed by atoms with E-state index in [4.69, 9.17) is 16.2 Å². The fraction of sp³-hybridized carbons (Fsp3) is 0.769. The summed E-state index contributed by atoms with van der Waals surface area (Å²) in [6.07, 6.45) is -6.17. The largest absolute Gasteiger partial charge is 0.480 e. The number of rotatable bonds is 8. The van der Waals surface area contributed by atoms with Crippen LogP contribution in [0.5, 0.6) is 0 Å². The van der Waals surface area contributed by atoms with Crippen molar-refractivity contribution in [3.63, 3.8) is 0 Å². The summed E-state index contributed by atoms with van der Waals surface area (Å²) < 4.78 is 5.37. The average molecular weight is 362 g/mol. The Morgan fingerprint density at radius 3 is 2.48 bits per heavy atom. The standard InChI is InChI=1S/C13H22N4O8/c14-2-4(18)10(20)8(15)12(22)16-9(13(23)24)11(21)5-3-17-6(19)1-7(17)25-5/h4-5,7-11,18,20-21H,1-3,14-15H2,(H,16,22)(H,23,24)/t4-,5+,7-,8-,9-,10-,11+/m0/s1. The predicted molar refractivity (Wildman–Crippen MR) is 79.6 cm³/mol. The Morgan fingerprint density at radius 1 is 1.36 bits per heavy atom. The minimum atomic E-state index is -1.78. The van der Waals surface area contributed by atoms with Gasteiger partial charge in [-0.3, -0.25) is 9.59 Å². The summed E-state index contributed by atoms with van der Waals surface area (Å²) in [5.41, 5.74) is 10.6. The quantitative estimate of drug-likeness (QED) is 0.204. The van der Waals surface area contributed by atoms with Gasteiger partial charge in [-0.2, -0.15) is 0 Å². The Hall–Kier alpha value is -1.83. The van der Waals surface area contributed by atoms with Gasteiger partial charge in [-0.25, -0.2) is 4.79 Å². The Morgan fingerprint density at radius 2 is 2.00 bits per heavy atom. The minimum Gasteiger partial charge on any atom is -0.480 e. The molecule has 12 heteroatoms. The second-order valence-electron chi connectivity index (χ2n) is 6.01. The number of nitrogens with zero attached hydrogens (tertiary/aromatic N) is 1. The molecule has 0 aliphatic carbocycles. The van der Waals surface area contributed by atoms with Crippen LogP contribution in [0.2, 0.25) is 0 Å². The average Bonchev–Trinajstić information content (AvgIpc) is 2.93. The molecule has 12 nitrogen and oxygen atoms in total. The number of carbonyl (C=O) groups excluding carboxylic acids is 2. The summed E-state index contributed by atoms with van der Waals surface area (Å²) in [6, 6.07) is -3.43. The zero-order chi connectivity index (χ0) is 18.9. The number of amides is 2. The molecule has 0 radical (unpaired) electrons. The van der Waals surface area contributed by atoms with Crippen molar-refractivity contribution in [2.75, 3.05) is 13.1 Å². The first-order valence-electron chi connectivity index (χ1n) is 7.65. The van der Waals surface area contributed by atoms with E-state index in [2.05, 4.69) is 0 Å². The van der Waals surface area contributed by atoms with Gasteiger partial charge >= 0.3 is 5.97 Å².